The molecule has 4 nitrogen and oxygen atoms in total. The maximum absolute atomic E-state index is 10.4. The highest BCUT2D eigenvalue weighted by atomic mass is 16.4. The normalized spacial score (nSPS) is 11.4. The summed E-state index contributed by atoms with van der Waals surface area (Å²) < 4.78 is 0. The van der Waals surface area contributed by atoms with Crippen LogP contribution in [-0.2, 0) is 4.79 Å². The lowest BCUT2D eigenvalue weighted by Crippen LogP contribution is -2.19. The van der Waals surface area contributed by atoms with Crippen molar-refractivity contribution in [2.45, 2.75) is 20.3 Å². The van der Waals surface area contributed by atoms with Gasteiger partial charge in [0.25, 0.3) is 0 Å². The summed E-state index contributed by atoms with van der Waals surface area (Å²) >= 11 is 0. The quantitative estimate of drug-likeness (QED) is 0.486. The van der Waals surface area contributed by atoms with Crippen molar-refractivity contribution in [3.63, 3.8) is 0 Å². The molecule has 0 aromatic heterocycles. The van der Waals surface area contributed by atoms with E-state index in [4.69, 9.17) is 5.11 Å². The molecule has 0 rings (SSSR count). The van der Waals surface area contributed by atoms with E-state index < -0.39 is 5.97 Å². The zero-order chi connectivity index (χ0) is 8.85. The highest BCUT2D eigenvalue weighted by molar-refractivity contribution is 6.35. The van der Waals surface area contributed by atoms with E-state index in [9.17, 15) is 4.79 Å². The van der Waals surface area contributed by atoms with Crippen molar-refractivity contribution < 1.29 is 9.90 Å². The molecule has 0 fully saturated rings. The lowest BCUT2D eigenvalue weighted by atomic mass is 10.3. The van der Waals surface area contributed by atoms with Crippen molar-refractivity contribution in [1.82, 2.24) is 5.01 Å². The summed E-state index contributed by atoms with van der Waals surface area (Å²) in [6.45, 7) is 4.41. The molecule has 0 aromatic carbocycles. The van der Waals surface area contributed by atoms with Crippen LogP contribution in [0.1, 0.15) is 20.3 Å². The van der Waals surface area contributed by atoms with Gasteiger partial charge < -0.3 is 5.11 Å². The first kappa shape index (κ1) is 9.94. The van der Waals surface area contributed by atoms with Crippen LogP contribution in [0.5, 0.6) is 0 Å². The Hall–Kier alpha value is -1.06. The van der Waals surface area contributed by atoms with Gasteiger partial charge in [0.05, 0.1) is 0 Å². The third-order valence-electron chi connectivity index (χ3n) is 1.33. The van der Waals surface area contributed by atoms with Crippen molar-refractivity contribution in [3.8, 4) is 0 Å². The molecule has 0 amide bonds. The molecule has 0 radical (unpaired) electrons. The van der Waals surface area contributed by atoms with Crippen molar-refractivity contribution >= 4 is 11.7 Å². The summed E-state index contributed by atoms with van der Waals surface area (Å²) in [5.41, 5.74) is 0.203. The van der Waals surface area contributed by atoms with E-state index in [1.54, 1.807) is 19.0 Å². The fraction of sp³-hybridized carbons (Fsp3) is 0.714. The van der Waals surface area contributed by atoms with Gasteiger partial charge in [-0.2, -0.15) is 5.10 Å². The van der Waals surface area contributed by atoms with Gasteiger partial charge in [0.15, 0.2) is 0 Å². The Morgan fingerprint density at radius 3 is 2.36 bits per heavy atom. The van der Waals surface area contributed by atoms with Crippen LogP contribution in [0.2, 0.25) is 0 Å². The largest absolute Gasteiger partial charge is 0.477 e. The molecular formula is C7H14N2O2. The number of carboxylic acids is 1. The lowest BCUT2D eigenvalue weighted by Gasteiger charge is -2.09. The summed E-state index contributed by atoms with van der Waals surface area (Å²) in [4.78, 5) is 10.4. The van der Waals surface area contributed by atoms with Crippen LogP contribution < -0.4 is 0 Å². The van der Waals surface area contributed by atoms with Gasteiger partial charge in [-0.05, 0) is 13.3 Å². The van der Waals surface area contributed by atoms with E-state index in [2.05, 4.69) is 5.10 Å². The van der Waals surface area contributed by atoms with Gasteiger partial charge in [-0.25, -0.2) is 4.79 Å². The second-order valence-electron chi connectivity index (χ2n) is 2.18. The Bertz CT molecular complexity index is 166. The number of hydrogen-bond donors (Lipinski definition) is 1. The molecule has 0 aliphatic heterocycles. The highest BCUT2D eigenvalue weighted by Crippen LogP contribution is 1.90. The van der Waals surface area contributed by atoms with Crippen LogP contribution in [-0.4, -0.2) is 35.4 Å². The Balaban J connectivity index is 4.22. The van der Waals surface area contributed by atoms with Crippen molar-refractivity contribution in [2.24, 2.45) is 5.10 Å². The molecule has 0 spiro atoms. The highest BCUT2D eigenvalue weighted by Gasteiger charge is 2.06. The van der Waals surface area contributed by atoms with Crippen molar-refractivity contribution in [2.75, 3.05) is 13.6 Å². The topological polar surface area (TPSA) is 52.9 Å². The molecule has 11 heavy (non-hydrogen) atoms. The molecule has 0 unspecified atom stereocenters. The zero-order valence-corrected chi connectivity index (χ0v) is 7.16. The van der Waals surface area contributed by atoms with Gasteiger partial charge in [-0.15, -0.1) is 0 Å². The minimum absolute atomic E-state index is 0.203. The monoisotopic (exact) mass is 158 g/mol. The Kier molecular flexibility index (Phi) is 4.26. The lowest BCUT2D eigenvalue weighted by molar-refractivity contribution is -0.129. The van der Waals surface area contributed by atoms with Gasteiger partial charge in [-0.1, -0.05) is 6.92 Å². The van der Waals surface area contributed by atoms with Crippen LogP contribution in [0.15, 0.2) is 5.10 Å². The van der Waals surface area contributed by atoms with Gasteiger partial charge in [0.1, 0.15) is 5.71 Å². The third-order valence-corrected chi connectivity index (χ3v) is 1.33. The SMILES string of the molecule is CCC(=NN(C)CC)C(=O)O. The maximum atomic E-state index is 10.4. The van der Waals surface area contributed by atoms with E-state index in [0.29, 0.717) is 6.42 Å². The first-order chi connectivity index (χ1) is 5.11. The van der Waals surface area contributed by atoms with Crippen LogP contribution in [0, 0.1) is 0 Å². The summed E-state index contributed by atoms with van der Waals surface area (Å²) in [7, 11) is 1.75. The standard InChI is InChI=1S/C7H14N2O2/c1-4-6(7(10)11)8-9(3)5-2/h4-5H2,1-3H3,(H,10,11). The summed E-state index contributed by atoms with van der Waals surface area (Å²) in [5.74, 6) is -0.937. The average molecular weight is 158 g/mol. The molecule has 0 aliphatic carbocycles. The Morgan fingerprint density at radius 1 is 1.55 bits per heavy atom. The molecular weight excluding hydrogens is 144 g/mol. The van der Waals surface area contributed by atoms with E-state index in [0.717, 1.165) is 6.54 Å². The molecule has 0 aromatic rings. The van der Waals surface area contributed by atoms with Crippen LogP contribution in [0.4, 0.5) is 0 Å². The first-order valence-corrected chi connectivity index (χ1v) is 3.63. The van der Waals surface area contributed by atoms with Crippen LogP contribution in [0.25, 0.3) is 0 Å². The molecule has 1 N–H and O–H groups in total. The number of carbonyl (C=O) groups is 1. The Morgan fingerprint density at radius 2 is 2.09 bits per heavy atom. The van der Waals surface area contributed by atoms with Gasteiger partial charge in [-0.3, -0.25) is 5.01 Å². The second kappa shape index (κ2) is 4.71. The number of hydrogen-bond acceptors (Lipinski definition) is 3. The number of nitrogens with zero attached hydrogens (tertiary/aromatic N) is 2. The smallest absolute Gasteiger partial charge is 0.352 e. The van der Waals surface area contributed by atoms with E-state index in [1.807, 2.05) is 6.92 Å². The molecule has 64 valence electrons. The summed E-state index contributed by atoms with van der Waals surface area (Å²) in [6.07, 6.45) is 0.458. The fourth-order valence-corrected chi connectivity index (χ4v) is 0.541. The van der Waals surface area contributed by atoms with E-state index in [-0.39, 0.29) is 5.71 Å². The predicted octanol–water partition coefficient (Wildman–Crippen LogP) is 0.789. The predicted molar refractivity (Wildman–Crippen MR) is 43.7 cm³/mol. The molecule has 0 aliphatic rings. The molecule has 0 heterocycles. The Labute approximate surface area is 66.5 Å². The minimum atomic E-state index is -0.937. The molecule has 0 atom stereocenters. The zero-order valence-electron chi connectivity index (χ0n) is 7.16. The van der Waals surface area contributed by atoms with Gasteiger partial charge in [0.2, 0.25) is 0 Å². The first-order valence-electron chi connectivity index (χ1n) is 3.63. The minimum Gasteiger partial charge on any atom is -0.477 e. The summed E-state index contributed by atoms with van der Waals surface area (Å²) in [5, 5.41) is 14.0. The maximum Gasteiger partial charge on any atom is 0.352 e. The molecule has 0 saturated carbocycles. The number of carboxylic acid groups (broad SMARTS) is 1. The molecule has 0 bridgehead atoms. The number of rotatable bonds is 4. The van der Waals surface area contributed by atoms with Gasteiger partial charge >= 0.3 is 5.97 Å². The third kappa shape index (κ3) is 3.60. The molecule has 4 heteroatoms. The average Bonchev–Trinajstić information content (AvgIpc) is 1.99. The number of hydrazone groups is 1. The van der Waals surface area contributed by atoms with Crippen LogP contribution >= 0.6 is 0 Å². The van der Waals surface area contributed by atoms with E-state index in [1.165, 1.54) is 0 Å². The van der Waals surface area contributed by atoms with Crippen molar-refractivity contribution in [3.05, 3.63) is 0 Å². The fourth-order valence-electron chi connectivity index (χ4n) is 0.541. The number of aliphatic carboxylic acids is 1. The summed E-state index contributed by atoms with van der Waals surface area (Å²) in [6, 6.07) is 0. The molecule has 0 saturated heterocycles. The van der Waals surface area contributed by atoms with Crippen LogP contribution in [0.3, 0.4) is 0 Å². The van der Waals surface area contributed by atoms with E-state index >= 15 is 0 Å². The van der Waals surface area contributed by atoms with Gasteiger partial charge in [0, 0.05) is 13.6 Å². The second-order valence-corrected chi connectivity index (χ2v) is 2.18. The van der Waals surface area contributed by atoms with Crippen molar-refractivity contribution in [1.29, 1.82) is 0 Å².